The van der Waals surface area contributed by atoms with E-state index in [0.717, 1.165) is 19.3 Å². The van der Waals surface area contributed by atoms with E-state index in [-0.39, 0.29) is 23.8 Å². The van der Waals surface area contributed by atoms with Gasteiger partial charge in [0.2, 0.25) is 0 Å². The molecule has 0 radical (unpaired) electrons. The third kappa shape index (κ3) is 5.54. The molecule has 7 heteroatoms. The van der Waals surface area contributed by atoms with Crippen LogP contribution in [0.25, 0.3) is 0 Å². The van der Waals surface area contributed by atoms with Crippen LogP contribution in [0.1, 0.15) is 45.2 Å². The molecule has 34 heavy (non-hydrogen) atoms. The summed E-state index contributed by atoms with van der Waals surface area (Å²) in [6.07, 6.45) is 4.03. The zero-order valence-corrected chi connectivity index (χ0v) is 19.7. The quantitative estimate of drug-likeness (QED) is 0.506. The molecule has 2 aromatic heterocycles. The van der Waals surface area contributed by atoms with E-state index in [1.807, 2.05) is 47.2 Å². The molecule has 1 aromatic carbocycles. The van der Waals surface area contributed by atoms with Crippen molar-refractivity contribution in [2.24, 2.45) is 5.92 Å². The molecule has 1 saturated heterocycles. The van der Waals surface area contributed by atoms with Crippen LogP contribution in [0.4, 0.5) is 0 Å². The Morgan fingerprint density at radius 2 is 1.82 bits per heavy atom. The molecule has 4 rings (SSSR count). The van der Waals surface area contributed by atoms with Crippen molar-refractivity contribution in [3.63, 3.8) is 0 Å². The van der Waals surface area contributed by atoms with E-state index in [2.05, 4.69) is 17.1 Å². The minimum atomic E-state index is -0.0988. The van der Waals surface area contributed by atoms with Crippen molar-refractivity contribution in [2.45, 2.75) is 31.9 Å². The summed E-state index contributed by atoms with van der Waals surface area (Å²) in [5.41, 5.74) is 1.63. The molecule has 7 nitrogen and oxygen atoms in total. The van der Waals surface area contributed by atoms with Gasteiger partial charge in [0.25, 0.3) is 11.8 Å². The lowest BCUT2D eigenvalue weighted by molar-refractivity contribution is 0.0502. The second-order valence-electron chi connectivity index (χ2n) is 8.72. The molecule has 1 fully saturated rings. The highest BCUT2D eigenvalue weighted by atomic mass is 16.5. The second-order valence-corrected chi connectivity index (χ2v) is 8.72. The van der Waals surface area contributed by atoms with Gasteiger partial charge in [0.05, 0.1) is 0 Å². The largest absolute Gasteiger partial charge is 0.453 e. The maximum absolute atomic E-state index is 13.2. The number of furan rings is 1. The number of amides is 2. The number of hydrogen-bond donors (Lipinski definition) is 0. The van der Waals surface area contributed by atoms with Crippen LogP contribution in [-0.4, -0.2) is 59.9 Å². The van der Waals surface area contributed by atoms with E-state index in [9.17, 15) is 9.59 Å². The normalized spacial score (nSPS) is 15.2. The first-order chi connectivity index (χ1) is 16.6. The van der Waals surface area contributed by atoms with Crippen molar-refractivity contribution >= 4 is 11.8 Å². The van der Waals surface area contributed by atoms with Crippen LogP contribution >= 0.6 is 0 Å². The highest BCUT2D eigenvalue weighted by Crippen LogP contribution is 2.28. The number of piperidine rings is 1. The fourth-order valence-corrected chi connectivity index (χ4v) is 4.65. The van der Waals surface area contributed by atoms with Crippen LogP contribution in [0.15, 0.2) is 71.3 Å². The summed E-state index contributed by atoms with van der Waals surface area (Å²) in [5, 5.41) is 0. The van der Waals surface area contributed by atoms with E-state index in [4.69, 9.17) is 9.15 Å². The number of nitrogens with zero attached hydrogens (tertiary/aromatic N) is 3. The first-order valence-corrected chi connectivity index (χ1v) is 11.7. The number of carbonyl (C=O) groups is 2. The molecule has 1 aliphatic heterocycles. The third-order valence-electron chi connectivity index (χ3n) is 6.52. The lowest BCUT2D eigenvalue weighted by atomic mass is 9.84. The third-order valence-corrected chi connectivity index (χ3v) is 6.52. The van der Waals surface area contributed by atoms with Crippen LogP contribution in [0, 0.1) is 5.92 Å². The molecule has 3 heterocycles. The van der Waals surface area contributed by atoms with Crippen LogP contribution in [-0.2, 0) is 17.8 Å². The van der Waals surface area contributed by atoms with Gasteiger partial charge in [0, 0.05) is 39.5 Å². The van der Waals surface area contributed by atoms with E-state index in [1.54, 1.807) is 31.5 Å². The van der Waals surface area contributed by atoms with Gasteiger partial charge < -0.3 is 19.0 Å². The number of ether oxygens (including phenoxy) is 1. The maximum Gasteiger partial charge on any atom is 0.289 e. The Balaban J connectivity index is 1.46. The molecule has 0 N–H and O–H groups in total. The van der Waals surface area contributed by atoms with Crippen molar-refractivity contribution in [3.05, 3.63) is 89.6 Å². The number of benzene rings is 1. The molecule has 0 spiro atoms. The van der Waals surface area contributed by atoms with E-state index in [0.29, 0.717) is 36.9 Å². The molecule has 0 bridgehead atoms. The summed E-state index contributed by atoms with van der Waals surface area (Å²) in [6.45, 7) is 1.59. The summed E-state index contributed by atoms with van der Waals surface area (Å²) < 4.78 is 10.7. The van der Waals surface area contributed by atoms with Gasteiger partial charge in [-0.25, -0.2) is 0 Å². The number of hydrogen-bond acceptors (Lipinski definition) is 5. The Kier molecular flexibility index (Phi) is 7.75. The first-order valence-electron chi connectivity index (χ1n) is 11.7. The minimum absolute atomic E-state index is 0.00563. The van der Waals surface area contributed by atoms with Crippen molar-refractivity contribution in [1.29, 1.82) is 0 Å². The van der Waals surface area contributed by atoms with Gasteiger partial charge in [0.15, 0.2) is 5.76 Å². The van der Waals surface area contributed by atoms with Crippen molar-refractivity contribution in [2.75, 3.05) is 27.2 Å². The SMILES string of the molecule is COCc1ccc(C(=O)N2CCC([C@H](Cc3ccccc3)N(C)C(=O)c3ccccn3)CC2)o1. The summed E-state index contributed by atoms with van der Waals surface area (Å²) in [4.78, 5) is 34.1. The minimum Gasteiger partial charge on any atom is -0.453 e. The molecule has 0 saturated carbocycles. The molecular weight excluding hydrogens is 430 g/mol. The monoisotopic (exact) mass is 461 g/mol. The Labute approximate surface area is 200 Å². The second kappa shape index (κ2) is 11.1. The topological polar surface area (TPSA) is 75.9 Å². The van der Waals surface area contributed by atoms with Crippen LogP contribution in [0.2, 0.25) is 0 Å². The number of likely N-dealkylation sites (N-methyl/N-ethyl adjacent to an activating group) is 1. The number of rotatable bonds is 8. The highest BCUT2D eigenvalue weighted by molar-refractivity contribution is 5.92. The van der Waals surface area contributed by atoms with E-state index in [1.165, 1.54) is 5.56 Å². The number of carbonyl (C=O) groups excluding carboxylic acids is 2. The van der Waals surface area contributed by atoms with Gasteiger partial charge >= 0.3 is 0 Å². The molecular formula is C27H31N3O4. The smallest absolute Gasteiger partial charge is 0.289 e. The van der Waals surface area contributed by atoms with Gasteiger partial charge in [-0.1, -0.05) is 36.4 Å². The van der Waals surface area contributed by atoms with E-state index < -0.39 is 0 Å². The molecule has 3 aromatic rings. The lowest BCUT2D eigenvalue weighted by Gasteiger charge is -2.40. The Hall–Kier alpha value is -3.45. The average Bonchev–Trinajstić information content (AvgIpc) is 3.36. The van der Waals surface area contributed by atoms with Gasteiger partial charge in [-0.2, -0.15) is 0 Å². The predicted molar refractivity (Wildman–Crippen MR) is 128 cm³/mol. The fourth-order valence-electron chi connectivity index (χ4n) is 4.65. The molecule has 0 aliphatic carbocycles. The molecule has 1 atom stereocenters. The molecule has 178 valence electrons. The van der Waals surface area contributed by atoms with Gasteiger partial charge in [-0.05, 0) is 55.0 Å². The first kappa shape index (κ1) is 23.7. The molecule has 0 unspecified atom stereocenters. The Morgan fingerprint density at radius 3 is 2.50 bits per heavy atom. The Bertz CT molecular complexity index is 1080. The van der Waals surface area contributed by atoms with Crippen molar-refractivity contribution in [3.8, 4) is 0 Å². The van der Waals surface area contributed by atoms with Gasteiger partial charge in [-0.15, -0.1) is 0 Å². The highest BCUT2D eigenvalue weighted by Gasteiger charge is 2.34. The molecule has 1 aliphatic rings. The summed E-state index contributed by atoms with van der Waals surface area (Å²) in [7, 11) is 3.46. The van der Waals surface area contributed by atoms with Crippen LogP contribution in [0.5, 0.6) is 0 Å². The zero-order valence-electron chi connectivity index (χ0n) is 19.7. The Morgan fingerprint density at radius 1 is 1.09 bits per heavy atom. The predicted octanol–water partition coefficient (Wildman–Crippen LogP) is 4.06. The average molecular weight is 462 g/mol. The number of aromatic nitrogens is 1. The van der Waals surface area contributed by atoms with Crippen LogP contribution in [0.3, 0.4) is 0 Å². The van der Waals surface area contributed by atoms with Crippen molar-refractivity contribution < 1.29 is 18.7 Å². The summed E-state index contributed by atoms with van der Waals surface area (Å²) in [6, 6.07) is 19.1. The summed E-state index contributed by atoms with van der Waals surface area (Å²) in [5.74, 6) is 1.06. The number of likely N-dealkylation sites (tertiary alicyclic amines) is 1. The standard InChI is InChI=1S/C27H31N3O4/c1-29(26(31)23-10-6-7-15-28-23)24(18-20-8-4-3-5-9-20)21-13-16-30(17-14-21)27(32)25-12-11-22(34-25)19-33-2/h3-12,15,21,24H,13-14,16-19H2,1-2H3/t24-/m0/s1. The zero-order chi connectivity index (χ0) is 23.9. The van der Waals surface area contributed by atoms with E-state index >= 15 is 0 Å². The van der Waals surface area contributed by atoms with Gasteiger partial charge in [-0.3, -0.25) is 14.6 Å². The summed E-state index contributed by atoms with van der Waals surface area (Å²) >= 11 is 0. The maximum atomic E-state index is 13.2. The number of methoxy groups -OCH3 is 1. The molecule has 2 amide bonds. The number of pyridine rings is 1. The fraction of sp³-hybridized carbons (Fsp3) is 0.370. The van der Waals surface area contributed by atoms with Crippen LogP contribution < -0.4 is 0 Å². The van der Waals surface area contributed by atoms with Crippen molar-refractivity contribution in [1.82, 2.24) is 14.8 Å². The van der Waals surface area contributed by atoms with Gasteiger partial charge in [0.1, 0.15) is 18.1 Å². The lowest BCUT2D eigenvalue weighted by Crippen LogP contribution is -2.48.